The van der Waals surface area contributed by atoms with Crippen LogP contribution in [0.25, 0.3) is 6.08 Å². The van der Waals surface area contributed by atoms with Crippen molar-refractivity contribution in [3.05, 3.63) is 58.7 Å². The Labute approximate surface area is 219 Å². The van der Waals surface area contributed by atoms with Crippen LogP contribution in [0.3, 0.4) is 0 Å². The highest BCUT2D eigenvalue weighted by molar-refractivity contribution is 7.90. The summed E-state index contributed by atoms with van der Waals surface area (Å²) in [5.41, 5.74) is 2.48. The van der Waals surface area contributed by atoms with Crippen LogP contribution in [0.1, 0.15) is 23.1 Å². The summed E-state index contributed by atoms with van der Waals surface area (Å²) in [5, 5.41) is 11.4. The molecule has 0 fully saturated rings. The van der Waals surface area contributed by atoms with Crippen LogP contribution in [-0.2, 0) is 14.6 Å². The maximum Gasteiger partial charge on any atom is 0.268 e. The van der Waals surface area contributed by atoms with E-state index in [1.54, 1.807) is 18.2 Å². The third-order valence-corrected chi connectivity index (χ3v) is 6.62. The number of hydrogen-bond acceptors (Lipinski definition) is 10. The van der Waals surface area contributed by atoms with Gasteiger partial charge < -0.3 is 14.2 Å². The molecule has 3 aromatic rings. The van der Waals surface area contributed by atoms with Crippen molar-refractivity contribution in [1.82, 2.24) is 9.36 Å². The summed E-state index contributed by atoms with van der Waals surface area (Å²) in [6.07, 6.45) is 2.99. The van der Waals surface area contributed by atoms with Crippen molar-refractivity contribution in [3.63, 3.8) is 0 Å². The van der Waals surface area contributed by atoms with Crippen LogP contribution in [0.4, 0.5) is 5.13 Å². The Morgan fingerprint density at radius 1 is 1.14 bits per heavy atom. The quantitative estimate of drug-likeness (QED) is 0.216. The molecule has 194 valence electrons. The second kappa shape index (κ2) is 12.3. The van der Waals surface area contributed by atoms with Crippen LogP contribution in [0.15, 0.2) is 47.1 Å². The Bertz CT molecular complexity index is 1440. The molecular weight excluding hydrogens is 516 g/mol. The van der Waals surface area contributed by atoms with E-state index in [1.807, 2.05) is 38.1 Å². The molecule has 0 atom stereocenters. The third-order valence-electron chi connectivity index (χ3n) is 5.02. The Morgan fingerprint density at radius 3 is 2.46 bits per heavy atom. The summed E-state index contributed by atoms with van der Waals surface area (Å²) in [6, 6.07) is 12.8. The van der Waals surface area contributed by atoms with Gasteiger partial charge >= 0.3 is 0 Å². The van der Waals surface area contributed by atoms with Gasteiger partial charge in [0.05, 0.1) is 20.3 Å². The fourth-order valence-electron chi connectivity index (χ4n) is 3.23. The summed E-state index contributed by atoms with van der Waals surface area (Å²) in [4.78, 5) is 16.3. The Morgan fingerprint density at radius 2 is 1.84 bits per heavy atom. The van der Waals surface area contributed by atoms with Gasteiger partial charge in [0.15, 0.2) is 11.5 Å². The number of aromatic nitrogens is 2. The Kier molecular flexibility index (Phi) is 9.21. The van der Waals surface area contributed by atoms with E-state index in [2.05, 4.69) is 14.7 Å². The average molecular weight is 543 g/mol. The molecule has 0 saturated heterocycles. The minimum atomic E-state index is -3.61. The molecule has 0 radical (unpaired) electrons. The van der Waals surface area contributed by atoms with Crippen LogP contribution < -0.4 is 19.5 Å². The zero-order chi connectivity index (χ0) is 27.0. The summed E-state index contributed by atoms with van der Waals surface area (Å²) in [5.74, 6) is 1.08. The monoisotopic (exact) mass is 542 g/mol. The summed E-state index contributed by atoms with van der Waals surface area (Å²) < 4.78 is 43.8. The number of methoxy groups -OCH3 is 1. The molecule has 1 amide bonds. The number of hydrogen-bond donors (Lipinski definition) is 1. The molecule has 3 rings (SSSR count). The van der Waals surface area contributed by atoms with E-state index in [0.717, 1.165) is 23.1 Å². The standard InChI is InChI=1S/C25H26N4O6S2/c1-16-7-5-8-17(2)22(16)35-12-6-11-34-20-10-9-18(14-21(20)33-3)13-19(15-26)23(30)27-24-28-25(29-36-24)37(4,31)32/h5,7-10,13-14H,6,11-12H2,1-4H3,(H,27,28,29,30). The first kappa shape index (κ1) is 27.6. The number of rotatable bonds is 11. The van der Waals surface area contributed by atoms with Crippen molar-refractivity contribution in [2.75, 3.05) is 31.9 Å². The minimum absolute atomic E-state index is 0.0329. The number of ether oxygens (including phenoxy) is 3. The smallest absolute Gasteiger partial charge is 0.268 e. The Balaban J connectivity index is 1.61. The number of carbonyl (C=O) groups excluding carboxylic acids is 1. The third kappa shape index (κ3) is 7.52. The first-order valence-corrected chi connectivity index (χ1v) is 13.8. The molecule has 37 heavy (non-hydrogen) atoms. The number of amides is 1. The van der Waals surface area contributed by atoms with Crippen LogP contribution in [-0.4, -0.2) is 50.3 Å². The molecule has 0 aliphatic rings. The average Bonchev–Trinajstić information content (AvgIpc) is 3.33. The van der Waals surface area contributed by atoms with Crippen molar-refractivity contribution in [2.24, 2.45) is 0 Å². The molecule has 1 N–H and O–H groups in total. The molecule has 0 aliphatic carbocycles. The SMILES string of the molecule is COc1cc(C=C(C#N)C(=O)Nc2nc(S(C)(=O)=O)ns2)ccc1OCCCOc1c(C)cccc1C. The van der Waals surface area contributed by atoms with Crippen LogP contribution in [0.2, 0.25) is 0 Å². The van der Waals surface area contributed by atoms with E-state index in [4.69, 9.17) is 14.2 Å². The summed E-state index contributed by atoms with van der Waals surface area (Å²) in [6.45, 7) is 4.91. The lowest BCUT2D eigenvalue weighted by Gasteiger charge is -2.13. The Hall–Kier alpha value is -3.95. The van der Waals surface area contributed by atoms with Gasteiger partial charge in [0.1, 0.15) is 17.4 Å². The second-order valence-corrected chi connectivity index (χ2v) is 10.6. The van der Waals surface area contributed by atoms with Crippen molar-refractivity contribution in [3.8, 4) is 23.3 Å². The molecular formula is C25H26N4O6S2. The highest BCUT2D eigenvalue weighted by Crippen LogP contribution is 2.29. The van der Waals surface area contributed by atoms with Crippen LogP contribution in [0.5, 0.6) is 17.2 Å². The van der Waals surface area contributed by atoms with Gasteiger partial charge in [-0.25, -0.2) is 8.42 Å². The van der Waals surface area contributed by atoms with E-state index in [9.17, 15) is 18.5 Å². The van der Waals surface area contributed by atoms with Gasteiger partial charge in [-0.15, -0.1) is 0 Å². The summed E-state index contributed by atoms with van der Waals surface area (Å²) >= 11 is 0.704. The van der Waals surface area contributed by atoms with Crippen molar-refractivity contribution < 1.29 is 27.4 Å². The maximum absolute atomic E-state index is 12.5. The van der Waals surface area contributed by atoms with Gasteiger partial charge in [0.25, 0.3) is 11.1 Å². The minimum Gasteiger partial charge on any atom is -0.493 e. The van der Waals surface area contributed by atoms with Gasteiger partial charge in [-0.05, 0) is 48.7 Å². The fourth-order valence-corrected chi connectivity index (χ4v) is 4.67. The summed E-state index contributed by atoms with van der Waals surface area (Å²) in [7, 11) is -2.11. The van der Waals surface area contributed by atoms with E-state index in [1.165, 1.54) is 13.2 Å². The van der Waals surface area contributed by atoms with Gasteiger partial charge in [-0.1, -0.05) is 24.3 Å². The molecule has 1 aromatic heterocycles. The lowest BCUT2D eigenvalue weighted by Crippen LogP contribution is -2.13. The van der Waals surface area contributed by atoms with Gasteiger partial charge in [-0.2, -0.15) is 14.6 Å². The number of nitriles is 1. The van der Waals surface area contributed by atoms with E-state index >= 15 is 0 Å². The predicted molar refractivity (Wildman–Crippen MR) is 140 cm³/mol. The van der Waals surface area contributed by atoms with E-state index in [0.29, 0.717) is 48.2 Å². The number of nitrogens with zero attached hydrogens (tertiary/aromatic N) is 3. The number of benzene rings is 2. The first-order valence-electron chi connectivity index (χ1n) is 11.1. The number of para-hydroxylation sites is 1. The number of nitrogens with one attached hydrogen (secondary N) is 1. The molecule has 12 heteroatoms. The highest BCUT2D eigenvalue weighted by atomic mass is 32.2. The zero-order valence-corrected chi connectivity index (χ0v) is 22.4. The zero-order valence-electron chi connectivity index (χ0n) is 20.8. The number of carbonyl (C=O) groups is 1. The topological polar surface area (TPSA) is 140 Å². The maximum atomic E-state index is 12.5. The molecule has 1 heterocycles. The number of aryl methyl sites for hydroxylation is 2. The number of anilines is 1. The lowest BCUT2D eigenvalue weighted by molar-refractivity contribution is -0.112. The fraction of sp³-hybridized carbons (Fsp3) is 0.280. The van der Waals surface area contributed by atoms with E-state index < -0.39 is 20.9 Å². The normalized spacial score (nSPS) is 11.5. The molecule has 0 spiro atoms. The largest absolute Gasteiger partial charge is 0.493 e. The van der Waals surface area contributed by atoms with Crippen molar-refractivity contribution in [2.45, 2.75) is 25.4 Å². The van der Waals surface area contributed by atoms with Crippen LogP contribution in [0, 0.1) is 25.2 Å². The molecule has 0 bridgehead atoms. The van der Waals surface area contributed by atoms with E-state index in [-0.39, 0.29) is 10.7 Å². The predicted octanol–water partition coefficient (Wildman–Crippen LogP) is 3.96. The van der Waals surface area contributed by atoms with Gasteiger partial charge in [-0.3, -0.25) is 10.1 Å². The van der Waals surface area contributed by atoms with Crippen molar-refractivity contribution >= 4 is 38.5 Å². The second-order valence-electron chi connectivity index (χ2n) is 7.96. The molecule has 10 nitrogen and oxygen atoms in total. The molecule has 0 unspecified atom stereocenters. The van der Waals surface area contributed by atoms with Gasteiger partial charge in [0.2, 0.25) is 15.0 Å². The van der Waals surface area contributed by atoms with Crippen molar-refractivity contribution in [1.29, 1.82) is 5.26 Å². The lowest BCUT2D eigenvalue weighted by atomic mass is 10.1. The molecule has 0 aliphatic heterocycles. The molecule has 0 saturated carbocycles. The highest BCUT2D eigenvalue weighted by Gasteiger charge is 2.18. The number of sulfone groups is 1. The molecule has 2 aromatic carbocycles. The first-order chi connectivity index (χ1) is 17.6. The van der Waals surface area contributed by atoms with Gasteiger partial charge in [0, 0.05) is 24.2 Å². The van der Waals surface area contributed by atoms with Crippen LogP contribution >= 0.6 is 11.5 Å².